The summed E-state index contributed by atoms with van der Waals surface area (Å²) >= 11 is 0. The second kappa shape index (κ2) is 9.58. The number of allylic oxidation sites excluding steroid dienone is 1. The number of anilines is 1. The van der Waals surface area contributed by atoms with Gasteiger partial charge in [-0.1, -0.05) is 12.1 Å². The second-order valence-electron chi connectivity index (χ2n) is 9.60. The van der Waals surface area contributed by atoms with Gasteiger partial charge >= 0.3 is 12.2 Å². The Balaban J connectivity index is 1.74. The van der Waals surface area contributed by atoms with Gasteiger partial charge in [-0.05, 0) is 65.9 Å². The van der Waals surface area contributed by atoms with Crippen LogP contribution in [0.5, 0.6) is 0 Å². The first-order valence-electron chi connectivity index (χ1n) is 12.2. The van der Waals surface area contributed by atoms with Crippen LogP contribution in [0.2, 0.25) is 0 Å². The predicted molar refractivity (Wildman–Crippen MR) is 138 cm³/mol. The molecule has 0 saturated heterocycles. The van der Waals surface area contributed by atoms with Gasteiger partial charge in [0, 0.05) is 44.0 Å². The lowest BCUT2D eigenvalue weighted by Gasteiger charge is -2.44. The number of carbonyl (C=O) groups is 2. The fourth-order valence-corrected chi connectivity index (χ4v) is 5.25. The molecule has 10 heteroatoms. The zero-order valence-electron chi connectivity index (χ0n) is 21.1. The van der Waals surface area contributed by atoms with Crippen LogP contribution in [-0.4, -0.2) is 28.3 Å². The average Bonchev–Trinajstić information content (AvgIpc) is 2.91. The smallest absolute Gasteiger partial charge is 0.319 e. The topological polar surface area (TPSA) is 86.4 Å². The number of amides is 2. The predicted octanol–water partition coefficient (Wildman–Crippen LogP) is 5.56. The molecule has 5 rings (SSSR count). The minimum Gasteiger partial charge on any atom is -0.319 e. The normalized spacial score (nSPS) is 17.8. The van der Waals surface area contributed by atoms with Gasteiger partial charge in [-0.15, -0.1) is 0 Å². The van der Waals surface area contributed by atoms with E-state index in [2.05, 4.69) is 6.07 Å². The van der Waals surface area contributed by atoms with Crippen LogP contribution in [0.4, 0.5) is 23.7 Å². The van der Waals surface area contributed by atoms with Crippen molar-refractivity contribution in [3.63, 3.8) is 0 Å². The fraction of sp³-hybridized carbons (Fsp3) is 0.241. The molecule has 0 saturated carbocycles. The van der Waals surface area contributed by atoms with Gasteiger partial charge in [0.2, 0.25) is 0 Å². The molecule has 1 aliphatic heterocycles. The molecule has 0 radical (unpaired) electrons. The number of pyridine rings is 1. The summed E-state index contributed by atoms with van der Waals surface area (Å²) in [6.45, 7) is 0. The van der Waals surface area contributed by atoms with Crippen molar-refractivity contribution in [2.75, 3.05) is 11.9 Å². The standard InChI is InChI=1S/C29H23F3N4O3/c1-34-12-11-18(14-25(34)38)22-13-17(16-33)9-10-21(22)27-26-23(7-4-8-24(26)37)36(28(39)35(27)2)20-6-3-5-19(15-20)29(30,31)32/h3,5-6,9-15,27H,4,7-8H2,1-2H3. The van der Waals surface area contributed by atoms with Crippen molar-refractivity contribution in [3.8, 4) is 17.2 Å². The number of aryl methyl sites for hydroxylation is 1. The number of halogens is 3. The third-order valence-electron chi connectivity index (χ3n) is 7.18. The zero-order valence-corrected chi connectivity index (χ0v) is 21.1. The van der Waals surface area contributed by atoms with Gasteiger partial charge in [-0.2, -0.15) is 18.4 Å². The van der Waals surface area contributed by atoms with Crippen LogP contribution >= 0.6 is 0 Å². The molecule has 198 valence electrons. The quantitative estimate of drug-likeness (QED) is 0.442. The molecule has 3 aromatic rings. The Hall–Kier alpha value is -4.65. The average molecular weight is 533 g/mol. The molecule has 0 spiro atoms. The van der Waals surface area contributed by atoms with Gasteiger partial charge < -0.3 is 9.47 Å². The number of nitriles is 1. The number of hydrogen-bond donors (Lipinski definition) is 0. The molecule has 1 aliphatic carbocycles. The highest BCUT2D eigenvalue weighted by Crippen LogP contribution is 2.46. The second-order valence-corrected chi connectivity index (χ2v) is 9.60. The summed E-state index contributed by atoms with van der Waals surface area (Å²) in [5.41, 5.74) is 1.40. The largest absolute Gasteiger partial charge is 0.416 e. The molecule has 2 aromatic carbocycles. The van der Waals surface area contributed by atoms with E-state index in [0.29, 0.717) is 46.4 Å². The monoisotopic (exact) mass is 532 g/mol. The Morgan fingerprint density at radius 3 is 2.44 bits per heavy atom. The Morgan fingerprint density at radius 2 is 1.74 bits per heavy atom. The number of hydrogen-bond acceptors (Lipinski definition) is 4. The third-order valence-corrected chi connectivity index (χ3v) is 7.18. The van der Waals surface area contributed by atoms with E-state index in [9.17, 15) is 32.8 Å². The highest BCUT2D eigenvalue weighted by Gasteiger charge is 2.44. The van der Waals surface area contributed by atoms with Crippen molar-refractivity contribution in [2.45, 2.75) is 31.5 Å². The third kappa shape index (κ3) is 4.50. The first-order valence-corrected chi connectivity index (χ1v) is 12.2. The van der Waals surface area contributed by atoms with E-state index in [-0.39, 0.29) is 23.5 Å². The molecule has 0 fully saturated rings. The van der Waals surface area contributed by atoms with Gasteiger partial charge in [-0.25, -0.2) is 4.79 Å². The van der Waals surface area contributed by atoms with Crippen LogP contribution in [0.25, 0.3) is 11.1 Å². The van der Waals surface area contributed by atoms with Crippen molar-refractivity contribution >= 4 is 17.5 Å². The SMILES string of the molecule is CN1C(=O)N(c2cccc(C(F)(F)F)c2)C2=C(C(=O)CCC2)C1c1ccc(C#N)cc1-c1ccn(C)c(=O)c1. The molecule has 0 bridgehead atoms. The summed E-state index contributed by atoms with van der Waals surface area (Å²) < 4.78 is 41.8. The lowest BCUT2D eigenvalue weighted by atomic mass is 9.81. The van der Waals surface area contributed by atoms with Crippen molar-refractivity contribution in [3.05, 3.63) is 99.1 Å². The fourth-order valence-electron chi connectivity index (χ4n) is 5.25. The minimum atomic E-state index is -4.60. The molecule has 39 heavy (non-hydrogen) atoms. The minimum absolute atomic E-state index is 0.0222. The molecule has 1 unspecified atom stereocenters. The summed E-state index contributed by atoms with van der Waals surface area (Å²) in [5, 5.41) is 9.54. The lowest BCUT2D eigenvalue weighted by Crippen LogP contribution is -2.50. The molecular formula is C29H23F3N4O3. The molecule has 2 heterocycles. The Kier molecular flexibility index (Phi) is 6.38. The summed E-state index contributed by atoms with van der Waals surface area (Å²) in [6, 6.07) is 13.1. The maximum Gasteiger partial charge on any atom is 0.416 e. The molecule has 2 aliphatic rings. The number of alkyl halides is 3. The number of nitrogens with zero attached hydrogens (tertiary/aromatic N) is 4. The highest BCUT2D eigenvalue weighted by molar-refractivity contribution is 6.06. The molecule has 7 nitrogen and oxygen atoms in total. The first kappa shape index (κ1) is 26.0. The van der Waals surface area contributed by atoms with Crippen LogP contribution in [0.15, 0.2) is 76.9 Å². The number of likely N-dealkylation sites (N-methyl/N-ethyl adjacent to an activating group) is 1. The number of urea groups is 1. The van der Waals surface area contributed by atoms with Crippen molar-refractivity contribution in [1.29, 1.82) is 5.26 Å². The zero-order chi connectivity index (χ0) is 28.1. The summed E-state index contributed by atoms with van der Waals surface area (Å²) in [4.78, 5) is 42.2. The van der Waals surface area contributed by atoms with Gasteiger partial charge in [0.1, 0.15) is 0 Å². The summed E-state index contributed by atoms with van der Waals surface area (Å²) in [6.07, 6.45) is -2.02. The molecule has 1 aromatic heterocycles. The number of carbonyl (C=O) groups excluding carboxylic acids is 2. The number of benzene rings is 2. The van der Waals surface area contributed by atoms with Gasteiger partial charge in [0.15, 0.2) is 5.78 Å². The van der Waals surface area contributed by atoms with Crippen LogP contribution in [0.3, 0.4) is 0 Å². The summed E-state index contributed by atoms with van der Waals surface area (Å²) in [5.74, 6) is -0.211. The van der Waals surface area contributed by atoms with Crippen molar-refractivity contribution in [2.24, 2.45) is 7.05 Å². The lowest BCUT2D eigenvalue weighted by molar-refractivity contribution is -0.137. The number of rotatable bonds is 3. The van der Waals surface area contributed by atoms with E-state index in [1.165, 1.54) is 39.6 Å². The van der Waals surface area contributed by atoms with Crippen molar-refractivity contribution < 1.29 is 22.8 Å². The Morgan fingerprint density at radius 1 is 0.974 bits per heavy atom. The molecule has 2 amide bonds. The van der Waals surface area contributed by atoms with Crippen LogP contribution in [0, 0.1) is 11.3 Å². The van der Waals surface area contributed by atoms with Gasteiger partial charge in [-0.3, -0.25) is 14.5 Å². The molecular weight excluding hydrogens is 509 g/mol. The number of ketones is 1. The molecule has 1 atom stereocenters. The van der Waals surface area contributed by atoms with E-state index in [0.717, 1.165) is 12.1 Å². The van der Waals surface area contributed by atoms with E-state index in [1.807, 2.05) is 0 Å². The van der Waals surface area contributed by atoms with Crippen LogP contribution in [-0.2, 0) is 18.0 Å². The maximum atomic E-state index is 13.8. The Labute approximate surface area is 222 Å². The van der Waals surface area contributed by atoms with Gasteiger partial charge in [0.05, 0.1) is 28.9 Å². The Bertz CT molecular complexity index is 1650. The number of aromatic nitrogens is 1. The summed E-state index contributed by atoms with van der Waals surface area (Å²) in [7, 11) is 3.09. The maximum absolute atomic E-state index is 13.8. The number of Topliss-reactive ketones (excluding diaryl/α,β-unsaturated/α-hetero) is 1. The highest BCUT2D eigenvalue weighted by atomic mass is 19.4. The van der Waals surface area contributed by atoms with Crippen LogP contribution < -0.4 is 10.5 Å². The molecule has 0 N–H and O–H groups in total. The van der Waals surface area contributed by atoms with Crippen LogP contribution in [0.1, 0.15) is 42.0 Å². The van der Waals surface area contributed by atoms with E-state index in [1.54, 1.807) is 37.5 Å². The van der Waals surface area contributed by atoms with Gasteiger partial charge in [0.25, 0.3) is 5.56 Å². The van der Waals surface area contributed by atoms with E-state index < -0.39 is 23.8 Å². The van der Waals surface area contributed by atoms with E-state index >= 15 is 0 Å². The first-order chi connectivity index (χ1) is 18.5. The van der Waals surface area contributed by atoms with E-state index in [4.69, 9.17) is 0 Å². The van der Waals surface area contributed by atoms with Crippen molar-refractivity contribution in [1.82, 2.24) is 9.47 Å².